The minimum atomic E-state index is -0.529. The molecule has 5 rings (SSSR count). The van der Waals surface area contributed by atoms with Gasteiger partial charge in [-0.25, -0.2) is 14.4 Å². The highest BCUT2D eigenvalue weighted by Gasteiger charge is 2.22. The zero-order valence-corrected chi connectivity index (χ0v) is 19.3. The van der Waals surface area contributed by atoms with E-state index in [9.17, 15) is 9.18 Å². The highest BCUT2D eigenvalue weighted by molar-refractivity contribution is 8.00. The van der Waals surface area contributed by atoms with Gasteiger partial charge in [0, 0.05) is 10.9 Å². The van der Waals surface area contributed by atoms with Crippen LogP contribution >= 0.6 is 23.1 Å². The number of carbonyl (C=O) groups excluding carboxylic acids is 1. The third-order valence-electron chi connectivity index (χ3n) is 4.70. The van der Waals surface area contributed by atoms with E-state index in [4.69, 9.17) is 8.83 Å². The van der Waals surface area contributed by atoms with Crippen molar-refractivity contribution in [2.45, 2.75) is 17.3 Å². The highest BCUT2D eigenvalue weighted by atomic mass is 32.2. The van der Waals surface area contributed by atoms with Crippen LogP contribution in [0.5, 0.6) is 0 Å². The second-order valence-corrected chi connectivity index (χ2v) is 9.21. The molecule has 4 aromatic heterocycles. The summed E-state index contributed by atoms with van der Waals surface area (Å²) in [5, 5.41) is 13.3. The molecular formula is C23H16FN5O3S2. The second-order valence-electron chi connectivity index (χ2n) is 7.04. The van der Waals surface area contributed by atoms with Gasteiger partial charge in [0.25, 0.3) is 0 Å². The number of thioether (sulfide) groups is 1. The molecule has 1 amide bonds. The molecule has 1 N–H and O–H groups in total. The van der Waals surface area contributed by atoms with Gasteiger partial charge in [-0.2, -0.15) is 0 Å². The summed E-state index contributed by atoms with van der Waals surface area (Å²) in [6, 6.07) is 13.0. The predicted octanol–water partition coefficient (Wildman–Crippen LogP) is 5.77. The summed E-state index contributed by atoms with van der Waals surface area (Å²) in [4.78, 5) is 21.7. The molecule has 4 heterocycles. The first-order chi connectivity index (χ1) is 16.6. The number of hydrogen-bond donors (Lipinski definition) is 1. The molecule has 0 aliphatic heterocycles. The normalized spacial score (nSPS) is 11.9. The lowest BCUT2D eigenvalue weighted by Crippen LogP contribution is -2.22. The van der Waals surface area contributed by atoms with E-state index in [1.165, 1.54) is 29.7 Å². The van der Waals surface area contributed by atoms with Crippen LogP contribution in [0.4, 0.5) is 9.52 Å². The Morgan fingerprint density at radius 3 is 2.38 bits per heavy atom. The molecule has 1 atom stereocenters. The maximum absolute atomic E-state index is 13.1. The Labute approximate surface area is 201 Å². The molecule has 1 unspecified atom stereocenters. The molecule has 0 aliphatic rings. The van der Waals surface area contributed by atoms with Crippen molar-refractivity contribution >= 4 is 34.1 Å². The number of nitrogens with one attached hydrogen (secondary N) is 1. The van der Waals surface area contributed by atoms with E-state index in [1.807, 2.05) is 0 Å². The molecule has 0 fully saturated rings. The molecule has 0 radical (unpaired) electrons. The standard InChI is InChI=1S/C23H16FN5O3S2/c1-13(21(30)27-22-25-16(12-33-22)14-6-8-15(24)9-7-14)34-23-26-19(17-4-2-10-31-17)20(28-29-23)18-5-3-11-32-18/h2-13H,1H3,(H,25,27,30). The van der Waals surface area contributed by atoms with Crippen LogP contribution in [0.25, 0.3) is 34.2 Å². The zero-order chi connectivity index (χ0) is 23.5. The lowest BCUT2D eigenvalue weighted by atomic mass is 10.2. The van der Waals surface area contributed by atoms with E-state index in [1.54, 1.807) is 55.0 Å². The third-order valence-corrected chi connectivity index (χ3v) is 6.41. The van der Waals surface area contributed by atoms with E-state index in [-0.39, 0.29) is 11.7 Å². The van der Waals surface area contributed by atoms with Crippen molar-refractivity contribution in [1.82, 2.24) is 20.2 Å². The molecule has 34 heavy (non-hydrogen) atoms. The Morgan fingerprint density at radius 2 is 1.71 bits per heavy atom. The molecule has 0 spiro atoms. The summed E-state index contributed by atoms with van der Waals surface area (Å²) < 4.78 is 24.1. The molecule has 0 bridgehead atoms. The number of amides is 1. The van der Waals surface area contributed by atoms with E-state index >= 15 is 0 Å². The average Bonchev–Trinajstić information content (AvgIpc) is 3.62. The summed E-state index contributed by atoms with van der Waals surface area (Å²) >= 11 is 2.45. The largest absolute Gasteiger partial charge is 0.463 e. The molecule has 5 aromatic rings. The van der Waals surface area contributed by atoms with Gasteiger partial charge in [0.1, 0.15) is 11.5 Å². The number of carbonyl (C=O) groups is 1. The Kier molecular flexibility index (Phi) is 6.19. The monoisotopic (exact) mass is 493 g/mol. The molecule has 1 aromatic carbocycles. The maximum atomic E-state index is 13.1. The van der Waals surface area contributed by atoms with Gasteiger partial charge in [-0.3, -0.25) is 4.79 Å². The Hall–Kier alpha value is -3.83. The van der Waals surface area contributed by atoms with Crippen LogP contribution in [-0.2, 0) is 4.79 Å². The van der Waals surface area contributed by atoms with Crippen molar-refractivity contribution in [3.8, 4) is 34.2 Å². The average molecular weight is 494 g/mol. The summed E-state index contributed by atoms with van der Waals surface area (Å²) in [5.74, 6) is 0.441. The van der Waals surface area contributed by atoms with E-state index in [0.29, 0.717) is 38.9 Å². The number of aromatic nitrogens is 4. The lowest BCUT2D eigenvalue weighted by molar-refractivity contribution is -0.115. The first kappa shape index (κ1) is 22.0. The van der Waals surface area contributed by atoms with Crippen LogP contribution in [-0.4, -0.2) is 31.3 Å². The van der Waals surface area contributed by atoms with Gasteiger partial charge in [-0.15, -0.1) is 21.5 Å². The summed E-state index contributed by atoms with van der Waals surface area (Å²) in [7, 11) is 0. The number of furan rings is 2. The molecule has 170 valence electrons. The number of anilines is 1. The minimum Gasteiger partial charge on any atom is -0.463 e. The molecule has 0 aliphatic carbocycles. The third kappa shape index (κ3) is 4.75. The molecule has 8 nitrogen and oxygen atoms in total. The molecular weight excluding hydrogens is 477 g/mol. The summed E-state index contributed by atoms with van der Waals surface area (Å²) in [5.41, 5.74) is 2.33. The number of nitrogens with zero attached hydrogens (tertiary/aromatic N) is 4. The maximum Gasteiger partial charge on any atom is 0.239 e. The fourth-order valence-electron chi connectivity index (χ4n) is 3.03. The number of benzene rings is 1. The zero-order valence-electron chi connectivity index (χ0n) is 17.6. The number of rotatable bonds is 7. The Bertz CT molecular complexity index is 1400. The van der Waals surface area contributed by atoms with Gasteiger partial charge < -0.3 is 14.2 Å². The van der Waals surface area contributed by atoms with Crippen LogP contribution < -0.4 is 5.32 Å². The summed E-state index contributed by atoms with van der Waals surface area (Å²) in [6.07, 6.45) is 3.08. The topological polar surface area (TPSA) is 107 Å². The SMILES string of the molecule is CC(Sc1nnc(-c2ccco2)c(-c2ccco2)n1)C(=O)Nc1nc(-c2ccc(F)cc2)cs1. The van der Waals surface area contributed by atoms with Crippen molar-refractivity contribution in [2.24, 2.45) is 0 Å². The lowest BCUT2D eigenvalue weighted by Gasteiger charge is -2.10. The van der Waals surface area contributed by atoms with E-state index < -0.39 is 5.25 Å². The molecule has 0 saturated heterocycles. The summed E-state index contributed by atoms with van der Waals surface area (Å²) in [6.45, 7) is 1.74. The molecule has 0 saturated carbocycles. The Morgan fingerprint density at radius 1 is 1.00 bits per heavy atom. The first-order valence-corrected chi connectivity index (χ1v) is 11.8. The quantitative estimate of drug-likeness (QED) is 0.285. The number of halogens is 1. The fraction of sp³-hybridized carbons (Fsp3) is 0.0870. The van der Waals surface area contributed by atoms with Crippen LogP contribution in [0.3, 0.4) is 0 Å². The van der Waals surface area contributed by atoms with Crippen LogP contribution in [0, 0.1) is 5.82 Å². The van der Waals surface area contributed by atoms with E-state index in [2.05, 4.69) is 25.5 Å². The van der Waals surface area contributed by atoms with Gasteiger partial charge in [-0.1, -0.05) is 11.8 Å². The van der Waals surface area contributed by atoms with Crippen LogP contribution in [0.15, 0.2) is 80.4 Å². The van der Waals surface area contributed by atoms with Crippen molar-refractivity contribution < 1.29 is 18.0 Å². The van der Waals surface area contributed by atoms with Gasteiger partial charge in [0.05, 0.1) is 23.5 Å². The highest BCUT2D eigenvalue weighted by Crippen LogP contribution is 2.32. The first-order valence-electron chi connectivity index (χ1n) is 10.1. The van der Waals surface area contributed by atoms with Gasteiger partial charge in [0.15, 0.2) is 22.3 Å². The number of hydrogen-bond acceptors (Lipinski definition) is 9. The predicted molar refractivity (Wildman–Crippen MR) is 127 cm³/mol. The van der Waals surface area contributed by atoms with Crippen molar-refractivity contribution in [2.75, 3.05) is 5.32 Å². The second kappa shape index (κ2) is 9.57. The van der Waals surface area contributed by atoms with Gasteiger partial charge in [0.2, 0.25) is 11.1 Å². The van der Waals surface area contributed by atoms with Gasteiger partial charge in [-0.05, 0) is 55.5 Å². The van der Waals surface area contributed by atoms with Crippen molar-refractivity contribution in [3.63, 3.8) is 0 Å². The van der Waals surface area contributed by atoms with Crippen LogP contribution in [0.2, 0.25) is 0 Å². The van der Waals surface area contributed by atoms with Crippen LogP contribution in [0.1, 0.15) is 6.92 Å². The van der Waals surface area contributed by atoms with Gasteiger partial charge >= 0.3 is 0 Å². The minimum absolute atomic E-state index is 0.261. The smallest absolute Gasteiger partial charge is 0.239 e. The van der Waals surface area contributed by atoms with Crippen molar-refractivity contribution in [3.05, 3.63) is 72.3 Å². The fourth-order valence-corrected chi connectivity index (χ4v) is 4.47. The number of thiazole rings is 1. The Balaban J connectivity index is 1.30. The van der Waals surface area contributed by atoms with Crippen molar-refractivity contribution in [1.29, 1.82) is 0 Å². The molecule has 11 heteroatoms. The van der Waals surface area contributed by atoms with E-state index in [0.717, 1.165) is 17.3 Å².